The van der Waals surface area contributed by atoms with Crippen LogP contribution in [-0.4, -0.2) is 0 Å². The number of fused-ring (bicyclic) bond motifs is 6. The van der Waals surface area contributed by atoms with E-state index < -0.39 is 5.41 Å². The Morgan fingerprint density at radius 1 is 0.280 bits per heavy atom. The van der Waals surface area contributed by atoms with Crippen molar-refractivity contribution in [2.75, 3.05) is 0 Å². The first-order valence-corrected chi connectivity index (χ1v) is 17.3. The zero-order valence-corrected chi connectivity index (χ0v) is 27.4. The highest BCUT2D eigenvalue weighted by Gasteiger charge is 2.45. The molecule has 1 nitrogen and oxygen atoms in total. The molecule has 1 heterocycles. The molecule has 0 amide bonds. The maximum atomic E-state index is 6.93. The van der Waals surface area contributed by atoms with Crippen LogP contribution in [0.25, 0.3) is 66.4 Å². The van der Waals surface area contributed by atoms with Crippen molar-refractivity contribution in [2.24, 2.45) is 0 Å². The van der Waals surface area contributed by atoms with Crippen LogP contribution >= 0.6 is 0 Å². The smallest absolute Gasteiger partial charge is 0.143 e. The van der Waals surface area contributed by atoms with Crippen molar-refractivity contribution in [3.8, 4) is 44.5 Å². The molecule has 0 saturated heterocycles. The second-order valence-electron chi connectivity index (χ2n) is 13.2. The summed E-state index contributed by atoms with van der Waals surface area (Å²) in [6, 6.07) is 70.2. The van der Waals surface area contributed by atoms with Gasteiger partial charge >= 0.3 is 0 Å². The minimum atomic E-state index is -0.417. The SMILES string of the molecule is c1ccc(-c2ccccc2-c2cccc3c2oc2c(-c4ccc(C5(c6ccccc6)c6ccccc6-c6ccccc65)cc4)cccc23)cc1. The Kier molecular flexibility index (Phi) is 6.47. The van der Waals surface area contributed by atoms with Gasteiger partial charge in [-0.05, 0) is 55.6 Å². The molecule has 1 aliphatic carbocycles. The fourth-order valence-electron chi connectivity index (χ4n) is 8.46. The van der Waals surface area contributed by atoms with Crippen LogP contribution in [-0.2, 0) is 5.41 Å². The Balaban J connectivity index is 1.14. The highest BCUT2D eigenvalue weighted by Crippen LogP contribution is 2.56. The predicted octanol–water partition coefficient (Wildman–Crippen LogP) is 13.0. The normalized spacial score (nSPS) is 13.0. The summed E-state index contributed by atoms with van der Waals surface area (Å²) in [5.74, 6) is 0. The van der Waals surface area contributed by atoms with Crippen molar-refractivity contribution in [1.82, 2.24) is 0 Å². The van der Waals surface area contributed by atoms with Crippen LogP contribution in [0.1, 0.15) is 22.3 Å². The van der Waals surface area contributed by atoms with Gasteiger partial charge in [0.05, 0.1) is 5.41 Å². The van der Waals surface area contributed by atoms with Crippen molar-refractivity contribution in [2.45, 2.75) is 5.41 Å². The summed E-state index contributed by atoms with van der Waals surface area (Å²) in [4.78, 5) is 0. The third kappa shape index (κ3) is 4.14. The molecule has 9 aromatic rings. The molecule has 0 spiro atoms. The van der Waals surface area contributed by atoms with E-state index in [1.165, 1.54) is 44.5 Å². The van der Waals surface area contributed by atoms with Crippen molar-refractivity contribution in [1.29, 1.82) is 0 Å². The fourth-order valence-corrected chi connectivity index (χ4v) is 8.46. The standard InChI is InChI=1S/C49H32O/c1-3-15-33(16-4-1)37-19-7-8-20-39(37)42-24-14-26-44-43-25-13-23-38(47(43)50-48(42)44)34-29-31-36(32-30-34)49(35-17-5-2-6-18-35)45-27-11-9-21-40(45)41-22-10-12-28-46(41)49/h1-32H. The lowest BCUT2D eigenvalue weighted by molar-refractivity contribution is 0.671. The maximum absolute atomic E-state index is 6.93. The maximum Gasteiger partial charge on any atom is 0.143 e. The van der Waals surface area contributed by atoms with Crippen LogP contribution < -0.4 is 0 Å². The van der Waals surface area contributed by atoms with E-state index in [0.29, 0.717) is 0 Å². The summed E-state index contributed by atoms with van der Waals surface area (Å²) in [5, 5.41) is 2.25. The number of hydrogen-bond donors (Lipinski definition) is 0. The van der Waals surface area contributed by atoms with E-state index in [9.17, 15) is 0 Å². The van der Waals surface area contributed by atoms with E-state index in [2.05, 4.69) is 194 Å². The number of hydrogen-bond acceptors (Lipinski definition) is 1. The molecule has 50 heavy (non-hydrogen) atoms. The van der Waals surface area contributed by atoms with Gasteiger partial charge in [-0.25, -0.2) is 0 Å². The second kappa shape index (κ2) is 11.3. The van der Waals surface area contributed by atoms with Crippen LogP contribution in [0, 0.1) is 0 Å². The van der Waals surface area contributed by atoms with E-state index in [1.807, 2.05) is 0 Å². The Hall–Kier alpha value is -6.44. The second-order valence-corrected chi connectivity index (χ2v) is 13.2. The first kappa shape index (κ1) is 28.6. The van der Waals surface area contributed by atoms with E-state index in [-0.39, 0.29) is 0 Å². The zero-order chi connectivity index (χ0) is 33.1. The molecule has 0 fully saturated rings. The molecule has 0 unspecified atom stereocenters. The predicted molar refractivity (Wildman–Crippen MR) is 207 cm³/mol. The Morgan fingerprint density at radius 2 is 0.720 bits per heavy atom. The van der Waals surface area contributed by atoms with Gasteiger partial charge in [0.2, 0.25) is 0 Å². The summed E-state index contributed by atoms with van der Waals surface area (Å²) >= 11 is 0. The third-order valence-corrected chi connectivity index (χ3v) is 10.6. The molecular weight excluding hydrogens is 605 g/mol. The molecule has 0 atom stereocenters. The molecule has 1 aliphatic rings. The molecule has 234 valence electrons. The van der Waals surface area contributed by atoms with Crippen molar-refractivity contribution < 1.29 is 4.42 Å². The van der Waals surface area contributed by atoms with E-state index in [1.54, 1.807) is 0 Å². The molecule has 0 aliphatic heterocycles. The summed E-state index contributed by atoms with van der Waals surface area (Å²) in [7, 11) is 0. The zero-order valence-electron chi connectivity index (χ0n) is 27.4. The lowest BCUT2D eigenvalue weighted by Gasteiger charge is -2.34. The highest BCUT2D eigenvalue weighted by atomic mass is 16.3. The molecule has 1 aromatic heterocycles. The van der Waals surface area contributed by atoms with Gasteiger partial charge < -0.3 is 4.42 Å². The van der Waals surface area contributed by atoms with Crippen LogP contribution in [0.4, 0.5) is 0 Å². The number of para-hydroxylation sites is 2. The quantitative estimate of drug-likeness (QED) is 0.183. The minimum absolute atomic E-state index is 0.417. The van der Waals surface area contributed by atoms with Crippen LogP contribution in [0.2, 0.25) is 0 Å². The van der Waals surface area contributed by atoms with Crippen LogP contribution in [0.3, 0.4) is 0 Å². The monoisotopic (exact) mass is 636 g/mol. The molecular formula is C49H32O. The largest absolute Gasteiger partial charge is 0.455 e. The average Bonchev–Trinajstić information content (AvgIpc) is 3.73. The topological polar surface area (TPSA) is 13.1 Å². The Bertz CT molecular complexity index is 2640. The molecule has 0 radical (unpaired) electrons. The number of benzene rings is 8. The Morgan fingerprint density at radius 3 is 1.36 bits per heavy atom. The van der Waals surface area contributed by atoms with Gasteiger partial charge in [0, 0.05) is 21.9 Å². The van der Waals surface area contributed by atoms with E-state index >= 15 is 0 Å². The summed E-state index contributed by atoms with van der Waals surface area (Å²) in [6.07, 6.45) is 0. The van der Waals surface area contributed by atoms with Crippen molar-refractivity contribution in [3.05, 3.63) is 216 Å². The number of rotatable bonds is 5. The van der Waals surface area contributed by atoms with E-state index in [0.717, 1.165) is 44.2 Å². The molecule has 0 N–H and O–H groups in total. The number of furan rings is 1. The summed E-state index contributed by atoms with van der Waals surface area (Å²) < 4.78 is 6.93. The average molecular weight is 637 g/mol. The third-order valence-electron chi connectivity index (χ3n) is 10.6. The van der Waals surface area contributed by atoms with Crippen molar-refractivity contribution >= 4 is 21.9 Å². The molecule has 10 rings (SSSR count). The van der Waals surface area contributed by atoms with Gasteiger partial charge in [-0.1, -0.05) is 194 Å². The molecule has 1 heteroatoms. The minimum Gasteiger partial charge on any atom is -0.455 e. The van der Waals surface area contributed by atoms with Crippen LogP contribution in [0.5, 0.6) is 0 Å². The van der Waals surface area contributed by atoms with Gasteiger partial charge in [0.15, 0.2) is 0 Å². The van der Waals surface area contributed by atoms with Gasteiger partial charge in [-0.2, -0.15) is 0 Å². The summed E-state index contributed by atoms with van der Waals surface area (Å²) in [6.45, 7) is 0. The lowest BCUT2D eigenvalue weighted by atomic mass is 9.67. The van der Waals surface area contributed by atoms with E-state index in [4.69, 9.17) is 4.42 Å². The molecule has 0 saturated carbocycles. The highest BCUT2D eigenvalue weighted by molar-refractivity contribution is 6.13. The van der Waals surface area contributed by atoms with Gasteiger partial charge in [0.1, 0.15) is 11.2 Å². The van der Waals surface area contributed by atoms with Crippen molar-refractivity contribution in [3.63, 3.8) is 0 Å². The fraction of sp³-hybridized carbons (Fsp3) is 0.0204. The lowest BCUT2D eigenvalue weighted by Crippen LogP contribution is -2.28. The molecule has 0 bridgehead atoms. The summed E-state index contributed by atoms with van der Waals surface area (Å²) in [5.41, 5.74) is 16.0. The van der Waals surface area contributed by atoms with Gasteiger partial charge in [-0.15, -0.1) is 0 Å². The van der Waals surface area contributed by atoms with Gasteiger partial charge in [0.25, 0.3) is 0 Å². The molecule has 8 aromatic carbocycles. The van der Waals surface area contributed by atoms with Crippen LogP contribution in [0.15, 0.2) is 199 Å². The first-order valence-electron chi connectivity index (χ1n) is 17.3. The Labute approximate surface area is 291 Å². The first-order chi connectivity index (χ1) is 24.8. The van der Waals surface area contributed by atoms with Gasteiger partial charge in [-0.3, -0.25) is 0 Å².